The Morgan fingerprint density at radius 3 is 2.53 bits per heavy atom. The third-order valence-electron chi connectivity index (χ3n) is 11.1. The van der Waals surface area contributed by atoms with E-state index in [0.29, 0.717) is 15.1 Å². The van der Waals surface area contributed by atoms with Crippen LogP contribution in [0.3, 0.4) is 0 Å². The van der Waals surface area contributed by atoms with Gasteiger partial charge in [-0.3, -0.25) is 0 Å². The first kappa shape index (κ1) is 23.4. The standard InChI is InChI=1S/C28H47OSe/c1-5-20(6-2)9-8-10-21-11-12-24-26(21,4)16-15-25-27(24,7-3)17-13-22-19-23(29)14-18-28(22,25)30/h5,21-25,29H,6-19H2,1-4H3/b20-5+. The molecule has 0 aliphatic heterocycles. The second kappa shape index (κ2) is 8.87. The summed E-state index contributed by atoms with van der Waals surface area (Å²) in [5.41, 5.74) is 2.79. The van der Waals surface area contributed by atoms with Gasteiger partial charge in [-0.1, -0.05) is 0 Å². The van der Waals surface area contributed by atoms with Crippen molar-refractivity contribution in [1.82, 2.24) is 0 Å². The SMILES string of the molecule is C/C=C(\CC)CCCC1CCC2C1(C)CCC1C3([Se])CCC(O)CC3CCC21CC. The van der Waals surface area contributed by atoms with Gasteiger partial charge < -0.3 is 0 Å². The third-order valence-corrected chi connectivity index (χ3v) is 12.9. The molecule has 0 aromatic rings. The van der Waals surface area contributed by atoms with E-state index in [1.807, 2.05) is 0 Å². The first-order valence-corrected chi connectivity index (χ1v) is 14.2. The summed E-state index contributed by atoms with van der Waals surface area (Å²) in [5.74, 6) is 3.46. The molecule has 2 heteroatoms. The number of fused-ring (bicyclic) bond motifs is 5. The van der Waals surface area contributed by atoms with Gasteiger partial charge in [0, 0.05) is 0 Å². The number of hydrogen-bond acceptors (Lipinski definition) is 1. The Balaban J connectivity index is 1.53. The van der Waals surface area contributed by atoms with Gasteiger partial charge in [-0.2, -0.15) is 0 Å². The summed E-state index contributed by atoms with van der Waals surface area (Å²) in [7, 11) is 0. The van der Waals surface area contributed by atoms with Crippen LogP contribution in [-0.4, -0.2) is 27.2 Å². The molecular weight excluding hydrogens is 431 g/mol. The van der Waals surface area contributed by atoms with Crippen LogP contribution in [-0.2, 0) is 0 Å². The molecule has 4 aliphatic carbocycles. The van der Waals surface area contributed by atoms with Crippen molar-refractivity contribution in [2.24, 2.45) is 34.5 Å². The second-order valence-electron chi connectivity index (χ2n) is 11.8. The quantitative estimate of drug-likeness (QED) is 0.307. The Hall–Kier alpha value is 0.219. The summed E-state index contributed by atoms with van der Waals surface area (Å²) in [5, 5.41) is 10.3. The monoisotopic (exact) mass is 479 g/mol. The molecule has 4 aliphatic rings. The van der Waals surface area contributed by atoms with Crippen LogP contribution in [0.2, 0.25) is 4.31 Å². The molecule has 4 rings (SSSR count). The predicted octanol–water partition coefficient (Wildman–Crippen LogP) is 7.63. The minimum absolute atomic E-state index is 0.0412. The molecule has 0 amide bonds. The van der Waals surface area contributed by atoms with Gasteiger partial charge in [0.15, 0.2) is 0 Å². The molecule has 8 unspecified atom stereocenters. The molecule has 0 aromatic heterocycles. The number of aliphatic hydroxyl groups is 1. The molecule has 0 heterocycles. The summed E-state index contributed by atoms with van der Waals surface area (Å²) in [6.07, 6.45) is 21.0. The van der Waals surface area contributed by atoms with Crippen LogP contribution in [0.4, 0.5) is 0 Å². The van der Waals surface area contributed by atoms with Crippen LogP contribution in [0.1, 0.15) is 118 Å². The zero-order valence-electron chi connectivity index (χ0n) is 20.2. The van der Waals surface area contributed by atoms with Gasteiger partial charge in [-0.05, 0) is 0 Å². The fourth-order valence-corrected chi connectivity index (χ4v) is 10.9. The van der Waals surface area contributed by atoms with Crippen molar-refractivity contribution in [3.05, 3.63) is 11.6 Å². The van der Waals surface area contributed by atoms with Gasteiger partial charge in [0.05, 0.1) is 0 Å². The van der Waals surface area contributed by atoms with Crippen molar-refractivity contribution in [1.29, 1.82) is 0 Å². The third kappa shape index (κ3) is 3.60. The van der Waals surface area contributed by atoms with E-state index in [1.165, 1.54) is 77.0 Å². The minimum atomic E-state index is -0.0412. The molecule has 171 valence electrons. The number of hydrogen-bond donors (Lipinski definition) is 1. The molecule has 4 saturated carbocycles. The first-order chi connectivity index (χ1) is 14.3. The topological polar surface area (TPSA) is 20.2 Å². The Labute approximate surface area is 195 Å². The van der Waals surface area contributed by atoms with Crippen molar-refractivity contribution < 1.29 is 5.11 Å². The second-order valence-corrected chi connectivity index (χ2v) is 13.4. The van der Waals surface area contributed by atoms with Crippen molar-refractivity contribution in [2.75, 3.05) is 0 Å². The van der Waals surface area contributed by atoms with Crippen molar-refractivity contribution in [3.63, 3.8) is 0 Å². The summed E-state index contributed by atoms with van der Waals surface area (Å²) in [6, 6.07) is 0. The molecule has 1 radical (unpaired) electrons. The molecule has 0 bridgehead atoms. The Morgan fingerprint density at radius 1 is 1.03 bits per heavy atom. The number of allylic oxidation sites excluding steroid dienone is 2. The van der Waals surface area contributed by atoms with Crippen LogP contribution < -0.4 is 0 Å². The van der Waals surface area contributed by atoms with E-state index in [9.17, 15) is 5.11 Å². The summed E-state index contributed by atoms with van der Waals surface area (Å²) < 4.78 is 0.370. The van der Waals surface area contributed by atoms with Crippen molar-refractivity contribution >= 4 is 16.0 Å². The molecule has 1 N–H and O–H groups in total. The molecule has 4 fully saturated rings. The molecule has 0 aromatic carbocycles. The van der Waals surface area contributed by atoms with E-state index in [4.69, 9.17) is 0 Å². The van der Waals surface area contributed by atoms with Gasteiger partial charge in [-0.15, -0.1) is 0 Å². The van der Waals surface area contributed by atoms with Crippen LogP contribution in [0.5, 0.6) is 0 Å². The number of aliphatic hydroxyl groups excluding tert-OH is 1. The zero-order valence-corrected chi connectivity index (χ0v) is 21.9. The summed E-state index contributed by atoms with van der Waals surface area (Å²) in [6.45, 7) is 9.76. The molecular formula is C28H47OSe. The molecule has 30 heavy (non-hydrogen) atoms. The average molecular weight is 479 g/mol. The predicted molar refractivity (Wildman–Crippen MR) is 129 cm³/mol. The first-order valence-electron chi connectivity index (χ1n) is 13.4. The van der Waals surface area contributed by atoms with E-state index in [0.717, 1.165) is 36.5 Å². The summed E-state index contributed by atoms with van der Waals surface area (Å²) >= 11 is 3.82. The van der Waals surface area contributed by atoms with Gasteiger partial charge in [0.2, 0.25) is 0 Å². The van der Waals surface area contributed by atoms with Gasteiger partial charge in [0.1, 0.15) is 0 Å². The molecule has 1 nitrogen and oxygen atoms in total. The van der Waals surface area contributed by atoms with Gasteiger partial charge >= 0.3 is 195 Å². The van der Waals surface area contributed by atoms with Crippen LogP contribution in [0, 0.1) is 34.5 Å². The maximum atomic E-state index is 10.3. The molecule has 8 atom stereocenters. The van der Waals surface area contributed by atoms with E-state index < -0.39 is 0 Å². The summed E-state index contributed by atoms with van der Waals surface area (Å²) in [4.78, 5) is 0. The molecule has 0 saturated heterocycles. The van der Waals surface area contributed by atoms with E-state index in [-0.39, 0.29) is 6.10 Å². The fraction of sp³-hybridized carbons (Fsp3) is 0.929. The number of rotatable bonds is 6. The maximum absolute atomic E-state index is 10.3. The van der Waals surface area contributed by atoms with E-state index in [2.05, 4.69) is 49.8 Å². The van der Waals surface area contributed by atoms with Gasteiger partial charge in [0.25, 0.3) is 0 Å². The Morgan fingerprint density at radius 2 is 1.83 bits per heavy atom. The fourth-order valence-electron chi connectivity index (χ4n) is 9.45. The van der Waals surface area contributed by atoms with Crippen molar-refractivity contribution in [2.45, 2.75) is 128 Å². The van der Waals surface area contributed by atoms with E-state index >= 15 is 0 Å². The normalized spacial score (nSPS) is 48.7. The average Bonchev–Trinajstić information content (AvgIpc) is 3.08. The van der Waals surface area contributed by atoms with E-state index in [1.54, 1.807) is 5.57 Å². The van der Waals surface area contributed by atoms with Gasteiger partial charge in [-0.25, -0.2) is 0 Å². The zero-order chi connectivity index (χ0) is 21.6. The Kier molecular flexibility index (Phi) is 6.91. The van der Waals surface area contributed by atoms with Crippen molar-refractivity contribution in [3.8, 4) is 0 Å². The Bertz CT molecular complexity index is 643. The van der Waals surface area contributed by atoms with Crippen LogP contribution in [0.15, 0.2) is 11.6 Å². The van der Waals surface area contributed by atoms with Crippen LogP contribution in [0.25, 0.3) is 0 Å². The molecule has 0 spiro atoms. The van der Waals surface area contributed by atoms with Crippen LogP contribution >= 0.6 is 0 Å².